The summed E-state index contributed by atoms with van der Waals surface area (Å²) in [5, 5.41) is 3.41. The van der Waals surface area contributed by atoms with Crippen LogP contribution in [0.5, 0.6) is 0 Å². The Balaban J connectivity index is 0.00000208. The molecule has 1 saturated carbocycles. The van der Waals surface area contributed by atoms with E-state index < -0.39 is 0 Å². The lowest BCUT2D eigenvalue weighted by Crippen LogP contribution is -2.60. The highest BCUT2D eigenvalue weighted by molar-refractivity contribution is 6.33. The fraction of sp³-hybridized carbons (Fsp3) is 0.684. The standard InChI is InChI=1S/C19H30ClN3.3ClH/c1-2-8-17-15-22(19-12-7-6-11-18(19)20)13-14-23(17)21-16-9-4-3-5-10-16;;;/h6-7,11-12,16-17,21H,2-5,8-10,13-15H2,1H3;3*1H. The summed E-state index contributed by atoms with van der Waals surface area (Å²) in [6.07, 6.45) is 9.32. The van der Waals surface area contributed by atoms with E-state index in [1.807, 2.05) is 12.1 Å². The zero-order valence-corrected chi connectivity index (χ0v) is 18.7. The summed E-state index contributed by atoms with van der Waals surface area (Å²) in [5.41, 5.74) is 5.04. The van der Waals surface area contributed by atoms with Gasteiger partial charge in [-0.05, 0) is 31.4 Å². The van der Waals surface area contributed by atoms with Crippen molar-refractivity contribution in [2.24, 2.45) is 0 Å². The zero-order chi connectivity index (χ0) is 16.1. The third-order valence-electron chi connectivity index (χ3n) is 5.25. The summed E-state index contributed by atoms with van der Waals surface area (Å²) < 4.78 is 0. The summed E-state index contributed by atoms with van der Waals surface area (Å²) in [7, 11) is 0. The van der Waals surface area contributed by atoms with E-state index in [-0.39, 0.29) is 37.2 Å². The fourth-order valence-corrected chi connectivity index (χ4v) is 4.25. The van der Waals surface area contributed by atoms with Gasteiger partial charge in [0, 0.05) is 31.7 Å². The maximum Gasteiger partial charge on any atom is 0.0639 e. The summed E-state index contributed by atoms with van der Waals surface area (Å²) in [6.45, 7) is 5.47. The second-order valence-electron chi connectivity index (χ2n) is 7.00. The van der Waals surface area contributed by atoms with E-state index in [2.05, 4.69) is 34.4 Å². The van der Waals surface area contributed by atoms with Gasteiger partial charge in [-0.15, -0.1) is 37.2 Å². The molecule has 1 aromatic rings. The molecule has 1 aliphatic carbocycles. The summed E-state index contributed by atoms with van der Waals surface area (Å²) in [6, 6.07) is 9.51. The van der Waals surface area contributed by atoms with Crippen molar-refractivity contribution in [1.29, 1.82) is 0 Å². The Hall–Kier alpha value is 0.1000. The summed E-state index contributed by atoms with van der Waals surface area (Å²) >= 11 is 6.40. The lowest BCUT2D eigenvalue weighted by Gasteiger charge is -2.44. The normalized spacial score (nSPS) is 21.3. The van der Waals surface area contributed by atoms with Crippen molar-refractivity contribution in [3.8, 4) is 0 Å². The van der Waals surface area contributed by atoms with E-state index in [4.69, 9.17) is 11.6 Å². The SMILES string of the molecule is CCCC1CN(c2ccccc2Cl)CCN1NC1CCCCC1.Cl.Cl.Cl. The highest BCUT2D eigenvalue weighted by atomic mass is 35.5. The number of nitrogens with one attached hydrogen (secondary N) is 1. The minimum absolute atomic E-state index is 0. The van der Waals surface area contributed by atoms with Crippen molar-refractivity contribution in [2.75, 3.05) is 24.5 Å². The van der Waals surface area contributed by atoms with Gasteiger partial charge in [-0.25, -0.2) is 5.01 Å². The van der Waals surface area contributed by atoms with Crippen LogP contribution in [-0.4, -0.2) is 36.7 Å². The maximum atomic E-state index is 6.40. The average Bonchev–Trinajstić information content (AvgIpc) is 2.58. The van der Waals surface area contributed by atoms with Crippen molar-refractivity contribution in [3.63, 3.8) is 0 Å². The van der Waals surface area contributed by atoms with Gasteiger partial charge < -0.3 is 4.90 Å². The predicted molar refractivity (Wildman–Crippen MR) is 121 cm³/mol. The molecule has 1 saturated heterocycles. The second-order valence-corrected chi connectivity index (χ2v) is 7.40. The van der Waals surface area contributed by atoms with Crippen molar-refractivity contribution in [2.45, 2.75) is 64.0 Å². The third kappa shape index (κ3) is 6.92. The van der Waals surface area contributed by atoms with Crippen LogP contribution in [0.3, 0.4) is 0 Å². The molecule has 0 bridgehead atoms. The Morgan fingerprint density at radius 1 is 1.04 bits per heavy atom. The minimum atomic E-state index is 0. The quantitative estimate of drug-likeness (QED) is 0.624. The molecule has 152 valence electrons. The highest BCUT2D eigenvalue weighted by Crippen LogP contribution is 2.28. The Morgan fingerprint density at radius 3 is 2.38 bits per heavy atom. The molecule has 1 heterocycles. The molecular formula is C19H33Cl4N3. The molecule has 1 unspecified atom stereocenters. The smallest absolute Gasteiger partial charge is 0.0639 e. The average molecular weight is 445 g/mol. The van der Waals surface area contributed by atoms with Crippen molar-refractivity contribution in [1.82, 2.24) is 10.4 Å². The van der Waals surface area contributed by atoms with Gasteiger partial charge in [0.1, 0.15) is 0 Å². The summed E-state index contributed by atoms with van der Waals surface area (Å²) in [4.78, 5) is 2.46. The van der Waals surface area contributed by atoms with Gasteiger partial charge in [-0.1, -0.05) is 56.3 Å². The van der Waals surface area contributed by atoms with Gasteiger partial charge in [-0.2, -0.15) is 0 Å². The molecule has 1 atom stereocenters. The minimum Gasteiger partial charge on any atom is -0.367 e. The maximum absolute atomic E-state index is 6.40. The molecule has 3 nitrogen and oxygen atoms in total. The highest BCUT2D eigenvalue weighted by Gasteiger charge is 2.29. The number of rotatable bonds is 5. The van der Waals surface area contributed by atoms with Crippen molar-refractivity contribution in [3.05, 3.63) is 29.3 Å². The number of anilines is 1. The van der Waals surface area contributed by atoms with E-state index in [9.17, 15) is 0 Å². The van der Waals surface area contributed by atoms with Crippen LogP contribution in [-0.2, 0) is 0 Å². The number of nitrogens with zero attached hydrogens (tertiary/aromatic N) is 2. The molecule has 1 aromatic carbocycles. The van der Waals surface area contributed by atoms with Gasteiger partial charge in [0.05, 0.1) is 10.7 Å². The molecule has 1 aliphatic heterocycles. The number of benzene rings is 1. The fourth-order valence-electron chi connectivity index (χ4n) is 4.00. The predicted octanol–water partition coefficient (Wildman–Crippen LogP) is 5.73. The number of piperazine rings is 1. The van der Waals surface area contributed by atoms with Gasteiger partial charge in [0.25, 0.3) is 0 Å². The molecule has 2 aliphatic rings. The van der Waals surface area contributed by atoms with Crippen LogP contribution in [0.1, 0.15) is 51.9 Å². The third-order valence-corrected chi connectivity index (χ3v) is 5.57. The van der Waals surface area contributed by atoms with Gasteiger partial charge in [-0.3, -0.25) is 5.43 Å². The van der Waals surface area contributed by atoms with Crippen LogP contribution < -0.4 is 10.3 Å². The number of para-hydroxylation sites is 1. The first kappa shape index (κ1) is 26.1. The van der Waals surface area contributed by atoms with Gasteiger partial charge >= 0.3 is 0 Å². The van der Waals surface area contributed by atoms with E-state index in [1.165, 1.54) is 50.6 Å². The van der Waals surface area contributed by atoms with Crippen LogP contribution in [0.4, 0.5) is 5.69 Å². The van der Waals surface area contributed by atoms with E-state index in [0.29, 0.717) is 12.1 Å². The number of halogens is 4. The molecule has 1 N–H and O–H groups in total. The Kier molecular flexibility index (Phi) is 13.4. The molecule has 26 heavy (non-hydrogen) atoms. The Bertz CT molecular complexity index is 497. The van der Waals surface area contributed by atoms with Crippen molar-refractivity contribution >= 4 is 54.5 Å². The molecule has 7 heteroatoms. The second kappa shape index (κ2) is 13.3. The van der Waals surface area contributed by atoms with Crippen LogP contribution in [0.25, 0.3) is 0 Å². The topological polar surface area (TPSA) is 18.5 Å². The monoisotopic (exact) mass is 443 g/mol. The van der Waals surface area contributed by atoms with E-state index in [0.717, 1.165) is 24.7 Å². The first-order valence-electron chi connectivity index (χ1n) is 9.30. The molecule has 0 radical (unpaired) electrons. The zero-order valence-electron chi connectivity index (χ0n) is 15.5. The van der Waals surface area contributed by atoms with E-state index >= 15 is 0 Å². The molecule has 0 aromatic heterocycles. The van der Waals surface area contributed by atoms with E-state index in [1.54, 1.807) is 0 Å². The molecule has 0 spiro atoms. The molecule has 3 rings (SSSR count). The lowest BCUT2D eigenvalue weighted by atomic mass is 9.96. The molecule has 0 amide bonds. The first-order chi connectivity index (χ1) is 11.3. The number of hydrazine groups is 1. The van der Waals surface area contributed by atoms with Crippen LogP contribution >= 0.6 is 48.8 Å². The Labute approximate surface area is 182 Å². The van der Waals surface area contributed by atoms with Crippen LogP contribution in [0.2, 0.25) is 5.02 Å². The van der Waals surface area contributed by atoms with Crippen LogP contribution in [0, 0.1) is 0 Å². The number of hydrogen-bond donors (Lipinski definition) is 1. The molecule has 2 fully saturated rings. The molecular weight excluding hydrogens is 412 g/mol. The Morgan fingerprint density at radius 2 is 1.73 bits per heavy atom. The van der Waals surface area contributed by atoms with Gasteiger partial charge in [0.15, 0.2) is 0 Å². The van der Waals surface area contributed by atoms with Crippen molar-refractivity contribution < 1.29 is 0 Å². The summed E-state index contributed by atoms with van der Waals surface area (Å²) in [5.74, 6) is 0. The van der Waals surface area contributed by atoms with Gasteiger partial charge in [0.2, 0.25) is 0 Å². The lowest BCUT2D eigenvalue weighted by molar-refractivity contribution is 0.0713. The number of hydrogen-bond acceptors (Lipinski definition) is 3. The first-order valence-corrected chi connectivity index (χ1v) is 9.68. The largest absolute Gasteiger partial charge is 0.367 e. The van der Waals surface area contributed by atoms with Crippen LogP contribution in [0.15, 0.2) is 24.3 Å².